The van der Waals surface area contributed by atoms with Crippen molar-refractivity contribution >= 4 is 5.97 Å². The molecule has 4 saturated carbocycles. The van der Waals surface area contributed by atoms with Gasteiger partial charge in [-0.2, -0.15) is 0 Å². The maximum Gasteiger partial charge on any atom is 0.328 e. The lowest BCUT2D eigenvalue weighted by atomic mass is 9.46. The van der Waals surface area contributed by atoms with E-state index in [0.29, 0.717) is 11.8 Å². The third-order valence-electron chi connectivity index (χ3n) is 5.95. The lowest BCUT2D eigenvalue weighted by Gasteiger charge is -2.63. The molecular formula is C17H21NO3. The lowest BCUT2D eigenvalue weighted by Crippen LogP contribution is -2.78. The van der Waals surface area contributed by atoms with Gasteiger partial charge in [-0.25, -0.2) is 0 Å². The van der Waals surface area contributed by atoms with E-state index < -0.39 is 17.1 Å². The van der Waals surface area contributed by atoms with E-state index in [9.17, 15) is 9.90 Å². The van der Waals surface area contributed by atoms with Crippen LogP contribution in [0.5, 0.6) is 5.75 Å². The molecule has 1 aromatic rings. The first kappa shape index (κ1) is 13.1. The van der Waals surface area contributed by atoms with E-state index in [4.69, 9.17) is 10.5 Å². The Hall–Kier alpha value is -1.55. The van der Waals surface area contributed by atoms with Crippen molar-refractivity contribution in [3.63, 3.8) is 0 Å². The van der Waals surface area contributed by atoms with Crippen LogP contribution >= 0.6 is 0 Å². The van der Waals surface area contributed by atoms with E-state index >= 15 is 0 Å². The normalized spacial score (nSPS) is 43.8. The van der Waals surface area contributed by atoms with Crippen molar-refractivity contribution in [2.24, 2.45) is 23.5 Å². The molecule has 0 aliphatic heterocycles. The van der Waals surface area contributed by atoms with E-state index in [2.05, 4.69) is 0 Å². The Morgan fingerprint density at radius 1 is 1.14 bits per heavy atom. The van der Waals surface area contributed by atoms with Crippen LogP contribution in [0.25, 0.3) is 0 Å². The lowest BCUT2D eigenvalue weighted by molar-refractivity contribution is -0.193. The largest absolute Gasteiger partial charge is 0.485 e. The minimum Gasteiger partial charge on any atom is -0.485 e. The summed E-state index contributed by atoms with van der Waals surface area (Å²) in [7, 11) is 0. The van der Waals surface area contributed by atoms with Crippen molar-refractivity contribution in [2.45, 2.75) is 43.2 Å². The molecule has 0 spiro atoms. The fraction of sp³-hybridized carbons (Fsp3) is 0.588. The number of benzene rings is 1. The zero-order valence-corrected chi connectivity index (χ0v) is 12.0. The van der Waals surface area contributed by atoms with Crippen LogP contribution in [0.3, 0.4) is 0 Å². The molecule has 0 saturated heterocycles. The molecule has 0 amide bonds. The summed E-state index contributed by atoms with van der Waals surface area (Å²) in [4.78, 5) is 12.0. The van der Waals surface area contributed by atoms with Crippen molar-refractivity contribution in [3.8, 4) is 5.75 Å². The summed E-state index contributed by atoms with van der Waals surface area (Å²) in [6.07, 6.45) is 4.65. The number of para-hydroxylation sites is 1. The molecule has 4 bridgehead atoms. The van der Waals surface area contributed by atoms with E-state index in [1.165, 1.54) is 6.42 Å². The summed E-state index contributed by atoms with van der Waals surface area (Å²) < 4.78 is 6.29. The van der Waals surface area contributed by atoms with Gasteiger partial charge in [-0.15, -0.1) is 0 Å². The van der Waals surface area contributed by atoms with Crippen molar-refractivity contribution in [3.05, 3.63) is 30.3 Å². The maximum atomic E-state index is 12.0. The number of rotatable bonds is 3. The molecule has 4 nitrogen and oxygen atoms in total. The first-order valence-corrected chi connectivity index (χ1v) is 7.80. The van der Waals surface area contributed by atoms with E-state index in [-0.39, 0.29) is 5.92 Å². The van der Waals surface area contributed by atoms with Crippen LogP contribution in [0.1, 0.15) is 32.1 Å². The van der Waals surface area contributed by atoms with E-state index in [1.807, 2.05) is 30.3 Å². The number of ether oxygens (including phenoxy) is 1. The second kappa shape index (κ2) is 4.23. The van der Waals surface area contributed by atoms with Crippen molar-refractivity contribution in [2.75, 3.05) is 0 Å². The number of nitrogens with two attached hydrogens (primary N) is 1. The molecule has 4 heteroatoms. The molecule has 4 aliphatic rings. The predicted molar refractivity (Wildman–Crippen MR) is 77.9 cm³/mol. The minimum absolute atomic E-state index is 0.0463. The smallest absolute Gasteiger partial charge is 0.328 e. The van der Waals surface area contributed by atoms with Gasteiger partial charge in [-0.1, -0.05) is 18.2 Å². The molecule has 3 unspecified atom stereocenters. The Balaban J connectivity index is 1.77. The van der Waals surface area contributed by atoms with E-state index in [1.54, 1.807) is 0 Å². The minimum atomic E-state index is -1.25. The third kappa shape index (κ3) is 1.68. The van der Waals surface area contributed by atoms with Gasteiger partial charge in [-0.3, -0.25) is 4.79 Å². The Morgan fingerprint density at radius 3 is 2.33 bits per heavy atom. The topological polar surface area (TPSA) is 72.6 Å². The standard InChI is InChI=1S/C17H21NO3/c18-17(15(19)20)13-7-11-6-12(8-13)10-16(17,9-11)21-14-4-2-1-3-5-14/h1-5,11-13H,6-10,18H2,(H,19,20). The Labute approximate surface area is 124 Å². The van der Waals surface area contributed by atoms with Gasteiger partial charge >= 0.3 is 5.97 Å². The molecule has 0 heterocycles. The third-order valence-corrected chi connectivity index (χ3v) is 5.95. The second-order valence-electron chi connectivity index (χ2n) is 7.13. The number of carboxylic acids is 1. The molecular weight excluding hydrogens is 266 g/mol. The average Bonchev–Trinajstić information content (AvgIpc) is 2.44. The average molecular weight is 287 g/mol. The Bertz CT molecular complexity index is 559. The highest BCUT2D eigenvalue weighted by atomic mass is 16.5. The number of aliphatic carboxylic acids is 1. The van der Waals surface area contributed by atoms with Gasteiger partial charge < -0.3 is 15.6 Å². The summed E-state index contributed by atoms with van der Waals surface area (Å²) in [5, 5.41) is 9.84. The number of carboxylic acid groups (broad SMARTS) is 1. The molecule has 0 radical (unpaired) electrons. The molecule has 1 aromatic carbocycles. The highest BCUT2D eigenvalue weighted by Gasteiger charge is 2.69. The Kier molecular flexibility index (Phi) is 2.65. The summed E-state index contributed by atoms with van der Waals surface area (Å²) in [6.45, 7) is 0. The molecule has 21 heavy (non-hydrogen) atoms. The molecule has 4 aliphatic carbocycles. The molecule has 0 aromatic heterocycles. The maximum absolute atomic E-state index is 12.0. The summed E-state index contributed by atoms with van der Waals surface area (Å²) in [6, 6.07) is 9.53. The van der Waals surface area contributed by atoms with Gasteiger partial charge in [-0.05, 0) is 62.0 Å². The monoisotopic (exact) mass is 287 g/mol. The second-order valence-corrected chi connectivity index (χ2v) is 7.13. The van der Waals surface area contributed by atoms with Crippen LogP contribution < -0.4 is 10.5 Å². The van der Waals surface area contributed by atoms with Crippen molar-refractivity contribution in [1.29, 1.82) is 0 Å². The van der Waals surface area contributed by atoms with Crippen LogP contribution in [0.15, 0.2) is 30.3 Å². The first-order chi connectivity index (χ1) is 10.0. The molecule has 5 rings (SSSR count). The van der Waals surface area contributed by atoms with Crippen LogP contribution in [0, 0.1) is 17.8 Å². The quantitative estimate of drug-likeness (QED) is 0.895. The molecule has 3 atom stereocenters. The van der Waals surface area contributed by atoms with Gasteiger partial charge in [0.2, 0.25) is 0 Å². The van der Waals surface area contributed by atoms with Crippen molar-refractivity contribution in [1.82, 2.24) is 0 Å². The van der Waals surface area contributed by atoms with Crippen LogP contribution in [0.4, 0.5) is 0 Å². The van der Waals surface area contributed by atoms with Gasteiger partial charge in [0.1, 0.15) is 11.4 Å². The highest BCUT2D eigenvalue weighted by Crippen LogP contribution is 2.60. The predicted octanol–water partition coefficient (Wildman–Crippen LogP) is 2.43. The summed E-state index contributed by atoms with van der Waals surface area (Å²) >= 11 is 0. The SMILES string of the molecule is NC1(C(=O)O)C2CC3CC(C2)CC1(Oc1ccccc1)C3. The zero-order valence-electron chi connectivity index (χ0n) is 12.0. The zero-order chi connectivity index (χ0) is 14.7. The summed E-state index contributed by atoms with van der Waals surface area (Å²) in [5.74, 6) is 1.02. The number of carbonyl (C=O) groups is 1. The Morgan fingerprint density at radius 2 is 1.76 bits per heavy atom. The van der Waals surface area contributed by atoms with Gasteiger partial charge in [0, 0.05) is 0 Å². The van der Waals surface area contributed by atoms with Crippen molar-refractivity contribution < 1.29 is 14.6 Å². The summed E-state index contributed by atoms with van der Waals surface area (Å²) in [5.41, 5.74) is 4.50. The fourth-order valence-corrected chi connectivity index (χ4v) is 5.25. The molecule has 4 fully saturated rings. The number of hydrogen-bond acceptors (Lipinski definition) is 3. The van der Waals surface area contributed by atoms with Crippen LogP contribution in [-0.2, 0) is 4.79 Å². The van der Waals surface area contributed by atoms with Gasteiger partial charge in [0.25, 0.3) is 0 Å². The molecule has 112 valence electrons. The first-order valence-electron chi connectivity index (χ1n) is 7.80. The van der Waals surface area contributed by atoms with Crippen LogP contribution in [-0.4, -0.2) is 22.2 Å². The van der Waals surface area contributed by atoms with Gasteiger partial charge in [0.15, 0.2) is 5.54 Å². The van der Waals surface area contributed by atoms with E-state index in [0.717, 1.165) is 31.4 Å². The number of hydrogen-bond donors (Lipinski definition) is 2. The molecule has 3 N–H and O–H groups in total. The van der Waals surface area contributed by atoms with Crippen LogP contribution in [0.2, 0.25) is 0 Å². The van der Waals surface area contributed by atoms with Gasteiger partial charge in [0.05, 0.1) is 0 Å². The highest BCUT2D eigenvalue weighted by molar-refractivity contribution is 5.82. The fourth-order valence-electron chi connectivity index (χ4n) is 5.25.